The third kappa shape index (κ3) is 3.79. The predicted octanol–water partition coefficient (Wildman–Crippen LogP) is -2.21. The number of carbonyl (C=O) groups is 1. The van der Waals surface area contributed by atoms with Gasteiger partial charge < -0.3 is 15.7 Å². The summed E-state index contributed by atoms with van der Waals surface area (Å²) < 4.78 is 34.4. The normalized spacial score (nSPS) is 27.3. The summed E-state index contributed by atoms with van der Waals surface area (Å²) >= 11 is 0. The minimum absolute atomic E-state index is 0.189. The van der Waals surface area contributed by atoms with Crippen LogP contribution in [0.1, 0.15) is 12.8 Å². The molecule has 0 radical (unpaired) electrons. The van der Waals surface area contributed by atoms with Gasteiger partial charge in [0.1, 0.15) is 6.23 Å². The second-order valence-electron chi connectivity index (χ2n) is 4.76. The average molecular weight is 326 g/mol. The number of hydrogen-bond acceptors (Lipinski definition) is 8. The van der Waals surface area contributed by atoms with Crippen molar-refractivity contribution in [2.75, 3.05) is 19.7 Å². The van der Waals surface area contributed by atoms with Crippen LogP contribution < -0.4 is 11.2 Å². The number of nitrogens with one attached hydrogen (secondary N) is 1. The molecule has 1 unspecified atom stereocenters. The molecule has 2 rings (SSSR count). The van der Waals surface area contributed by atoms with Crippen molar-refractivity contribution < 1.29 is 32.0 Å². The average Bonchev–Trinajstić information content (AvgIpc) is 2.63. The van der Waals surface area contributed by atoms with Gasteiger partial charge in [0.05, 0.1) is 18.7 Å². The van der Waals surface area contributed by atoms with Crippen LogP contribution in [0.2, 0.25) is 0 Å². The van der Waals surface area contributed by atoms with E-state index >= 15 is 0 Å². The minimum atomic E-state index is -4.77. The van der Waals surface area contributed by atoms with E-state index in [2.05, 4.69) is 9.76 Å². The number of aliphatic hydroxyl groups excluding tert-OH is 1. The first-order chi connectivity index (χ1) is 9.83. The third-order valence-corrected chi connectivity index (χ3v) is 3.68. The van der Waals surface area contributed by atoms with E-state index in [0.29, 0.717) is 17.9 Å². The van der Waals surface area contributed by atoms with Crippen molar-refractivity contribution in [3.8, 4) is 0 Å². The second kappa shape index (κ2) is 6.39. The number of rotatable bonds is 7. The number of aliphatic hydroxyl groups is 1. The minimum Gasteiger partial charge on any atom is -0.374 e. The fourth-order valence-electron chi connectivity index (χ4n) is 2.47. The van der Waals surface area contributed by atoms with Crippen LogP contribution in [-0.4, -0.2) is 72.1 Å². The molecule has 2 aliphatic rings. The zero-order valence-corrected chi connectivity index (χ0v) is 11.9. The molecule has 2 saturated heterocycles. The first-order valence-electron chi connectivity index (χ1n) is 6.36. The van der Waals surface area contributed by atoms with E-state index in [-0.39, 0.29) is 19.7 Å². The lowest BCUT2D eigenvalue weighted by Crippen LogP contribution is -2.52. The zero-order chi connectivity index (χ0) is 15.6. The van der Waals surface area contributed by atoms with Crippen molar-refractivity contribution in [3.63, 3.8) is 0 Å². The van der Waals surface area contributed by atoms with Crippen LogP contribution in [0.4, 0.5) is 4.79 Å². The molecule has 11 nitrogen and oxygen atoms in total. The molecule has 2 heterocycles. The lowest BCUT2D eigenvalue weighted by Gasteiger charge is -2.33. The number of hydrogen-bond donors (Lipinski definition) is 4. The first-order valence-corrected chi connectivity index (χ1v) is 7.72. The molecule has 0 aliphatic carbocycles. The maximum absolute atomic E-state index is 12.1. The van der Waals surface area contributed by atoms with Crippen LogP contribution in [0.5, 0.6) is 0 Å². The van der Waals surface area contributed by atoms with Crippen molar-refractivity contribution in [2.45, 2.75) is 31.2 Å². The highest BCUT2D eigenvalue weighted by Gasteiger charge is 2.49. The van der Waals surface area contributed by atoms with Crippen LogP contribution in [-0.2, 0) is 19.5 Å². The van der Waals surface area contributed by atoms with Crippen molar-refractivity contribution >= 4 is 16.4 Å². The monoisotopic (exact) mass is 326 g/mol. The molecule has 2 bridgehead atoms. The molecule has 21 heavy (non-hydrogen) atoms. The van der Waals surface area contributed by atoms with Gasteiger partial charge in [0.2, 0.25) is 0 Å². The molecule has 2 aliphatic heterocycles. The molecule has 122 valence electrons. The Morgan fingerprint density at radius 1 is 1.48 bits per heavy atom. The van der Waals surface area contributed by atoms with E-state index in [1.54, 1.807) is 0 Å². The fourth-order valence-corrected chi connectivity index (χ4v) is 2.86. The molecule has 2 amide bonds. The van der Waals surface area contributed by atoms with Crippen molar-refractivity contribution in [3.05, 3.63) is 0 Å². The van der Waals surface area contributed by atoms with Gasteiger partial charge in [-0.25, -0.2) is 4.79 Å². The Balaban J connectivity index is 2.00. The van der Waals surface area contributed by atoms with Gasteiger partial charge in [-0.2, -0.15) is 19.0 Å². The number of amides is 2. The molecule has 0 spiro atoms. The Morgan fingerprint density at radius 3 is 2.81 bits per heavy atom. The van der Waals surface area contributed by atoms with Gasteiger partial charge in [-0.1, -0.05) is 0 Å². The van der Waals surface area contributed by atoms with Crippen LogP contribution >= 0.6 is 0 Å². The smallest absolute Gasteiger partial charge is 0.374 e. The number of urea groups is 1. The Kier molecular flexibility index (Phi) is 4.98. The molecule has 2 fully saturated rings. The Morgan fingerprint density at radius 2 is 2.19 bits per heavy atom. The van der Waals surface area contributed by atoms with Gasteiger partial charge in [0.15, 0.2) is 0 Å². The summed E-state index contributed by atoms with van der Waals surface area (Å²) in [5.74, 6) is 0. The summed E-state index contributed by atoms with van der Waals surface area (Å²) in [6.07, 6.45) is -0.313. The lowest BCUT2D eigenvalue weighted by atomic mass is 10.00. The molecule has 0 aromatic heterocycles. The number of fused-ring (bicyclic) bond motifs is 2. The van der Waals surface area contributed by atoms with Crippen LogP contribution in [0.25, 0.3) is 0 Å². The number of hydroxylamine groups is 3. The van der Waals surface area contributed by atoms with E-state index in [0.717, 1.165) is 0 Å². The SMILES string of the molecule is NCCONC(O)[C@@H]1CC[C@@H]2CN1C(=O)N2OS(=O)(=O)O. The Labute approximate surface area is 121 Å². The highest BCUT2D eigenvalue weighted by atomic mass is 32.3. The quantitative estimate of drug-likeness (QED) is 0.176. The van der Waals surface area contributed by atoms with Crippen LogP contribution in [0.15, 0.2) is 0 Å². The number of nitrogens with two attached hydrogens (primary N) is 1. The van der Waals surface area contributed by atoms with E-state index in [1.165, 1.54) is 4.90 Å². The molecule has 0 aromatic rings. The summed E-state index contributed by atoms with van der Waals surface area (Å²) in [6, 6.07) is -1.82. The Bertz CT molecular complexity index is 486. The summed E-state index contributed by atoms with van der Waals surface area (Å²) in [4.78, 5) is 18.2. The van der Waals surface area contributed by atoms with Crippen molar-refractivity contribution in [1.29, 1.82) is 0 Å². The molecular weight excluding hydrogens is 308 g/mol. The summed E-state index contributed by atoms with van der Waals surface area (Å²) in [7, 11) is -4.77. The number of piperidine rings is 1. The second-order valence-corrected chi connectivity index (χ2v) is 5.77. The van der Waals surface area contributed by atoms with Gasteiger partial charge in [-0.15, -0.1) is 4.28 Å². The molecule has 12 heteroatoms. The van der Waals surface area contributed by atoms with Gasteiger partial charge in [0, 0.05) is 13.1 Å². The molecule has 0 aromatic carbocycles. The van der Waals surface area contributed by atoms with Gasteiger partial charge in [-0.3, -0.25) is 9.39 Å². The summed E-state index contributed by atoms with van der Waals surface area (Å²) in [5, 5.41) is 10.6. The van der Waals surface area contributed by atoms with Crippen LogP contribution in [0.3, 0.4) is 0 Å². The fraction of sp³-hybridized carbons (Fsp3) is 0.889. The van der Waals surface area contributed by atoms with Crippen LogP contribution in [0, 0.1) is 0 Å². The van der Waals surface area contributed by atoms with Gasteiger partial charge in [0.25, 0.3) is 0 Å². The highest BCUT2D eigenvalue weighted by molar-refractivity contribution is 7.80. The largest absolute Gasteiger partial charge is 0.418 e. The zero-order valence-electron chi connectivity index (χ0n) is 11.1. The van der Waals surface area contributed by atoms with Gasteiger partial charge in [-0.05, 0) is 12.8 Å². The lowest BCUT2D eigenvalue weighted by molar-refractivity contribution is -0.0868. The topological polar surface area (TPSA) is 155 Å². The number of nitrogens with zero attached hydrogens (tertiary/aromatic N) is 2. The third-order valence-electron chi connectivity index (χ3n) is 3.33. The highest BCUT2D eigenvalue weighted by Crippen LogP contribution is 2.31. The first kappa shape index (κ1) is 16.4. The van der Waals surface area contributed by atoms with E-state index in [1.807, 2.05) is 0 Å². The Hall–Kier alpha value is -1.02. The van der Waals surface area contributed by atoms with E-state index < -0.39 is 34.7 Å². The van der Waals surface area contributed by atoms with Gasteiger partial charge >= 0.3 is 16.4 Å². The standard InChI is InChI=1S/C9H18N4O7S/c10-3-4-19-11-8(14)7-2-1-6-5-12(7)9(15)13(6)20-21(16,17)18/h6-8,11,14H,1-5,10H2,(H,16,17,18)/t6-,7+,8?/m1/s1. The number of carbonyl (C=O) groups excluding carboxylic acids is 1. The molecule has 5 N–H and O–H groups in total. The summed E-state index contributed by atoms with van der Waals surface area (Å²) in [6.45, 7) is 0.651. The van der Waals surface area contributed by atoms with E-state index in [9.17, 15) is 18.3 Å². The summed E-state index contributed by atoms with van der Waals surface area (Å²) in [5.41, 5.74) is 7.61. The maximum Gasteiger partial charge on any atom is 0.418 e. The maximum atomic E-state index is 12.1. The van der Waals surface area contributed by atoms with E-state index in [4.69, 9.17) is 15.1 Å². The molecule has 0 saturated carbocycles. The van der Waals surface area contributed by atoms with Crippen molar-refractivity contribution in [2.24, 2.45) is 5.73 Å². The molecule has 3 atom stereocenters. The predicted molar refractivity (Wildman–Crippen MR) is 67.5 cm³/mol. The molecular formula is C9H18N4O7S. The van der Waals surface area contributed by atoms with Crippen molar-refractivity contribution in [1.82, 2.24) is 15.4 Å².